The molecule has 0 fully saturated rings. The fourth-order valence-electron chi connectivity index (χ4n) is 1.75. The van der Waals surface area contributed by atoms with Crippen LogP contribution in [0.4, 0.5) is 4.39 Å². The van der Waals surface area contributed by atoms with E-state index in [0.717, 1.165) is 21.6 Å². The summed E-state index contributed by atoms with van der Waals surface area (Å²) in [5.41, 5.74) is 1.89. The van der Waals surface area contributed by atoms with Crippen molar-refractivity contribution in [3.05, 3.63) is 47.2 Å². The van der Waals surface area contributed by atoms with Gasteiger partial charge in [0.25, 0.3) is 0 Å². The maximum atomic E-state index is 12.8. The van der Waals surface area contributed by atoms with Crippen LogP contribution in [-0.4, -0.2) is 9.78 Å². The molecule has 0 aliphatic heterocycles. The average Bonchev–Trinajstić information content (AvgIpc) is 2.84. The van der Waals surface area contributed by atoms with E-state index in [0.29, 0.717) is 0 Å². The standard InChI is InChI=1S/C12H9FN2S/c1-8-11-6-7-16-12(11)15(14-8)10-4-2-9(13)3-5-10/h2-7H,1H3. The minimum absolute atomic E-state index is 0.227. The molecule has 0 aliphatic rings. The fraction of sp³-hybridized carbons (Fsp3) is 0.0833. The van der Waals surface area contributed by atoms with Crippen LogP contribution in [0.2, 0.25) is 0 Å². The molecule has 16 heavy (non-hydrogen) atoms. The predicted octanol–water partition coefficient (Wildman–Crippen LogP) is 3.53. The lowest BCUT2D eigenvalue weighted by atomic mass is 10.3. The first-order valence-corrected chi connectivity index (χ1v) is 5.82. The van der Waals surface area contributed by atoms with E-state index < -0.39 is 0 Å². The molecule has 0 saturated carbocycles. The molecule has 1 aromatic carbocycles. The average molecular weight is 232 g/mol. The minimum atomic E-state index is -0.227. The van der Waals surface area contributed by atoms with Crippen LogP contribution in [0.15, 0.2) is 35.7 Å². The van der Waals surface area contributed by atoms with E-state index in [1.54, 1.807) is 23.5 Å². The van der Waals surface area contributed by atoms with Crippen LogP contribution < -0.4 is 0 Å². The maximum Gasteiger partial charge on any atom is 0.127 e. The van der Waals surface area contributed by atoms with Gasteiger partial charge in [0.1, 0.15) is 10.6 Å². The highest BCUT2D eigenvalue weighted by Crippen LogP contribution is 2.26. The number of nitrogens with zero attached hydrogens (tertiary/aromatic N) is 2. The second-order valence-corrected chi connectivity index (χ2v) is 4.51. The van der Waals surface area contributed by atoms with Gasteiger partial charge in [0.15, 0.2) is 0 Å². The Morgan fingerprint density at radius 1 is 1.19 bits per heavy atom. The van der Waals surface area contributed by atoms with Crippen molar-refractivity contribution in [3.8, 4) is 5.69 Å². The molecule has 0 saturated heterocycles. The van der Waals surface area contributed by atoms with Crippen molar-refractivity contribution in [2.45, 2.75) is 6.92 Å². The van der Waals surface area contributed by atoms with Gasteiger partial charge in [0, 0.05) is 5.39 Å². The third-order valence-corrected chi connectivity index (χ3v) is 3.44. The largest absolute Gasteiger partial charge is 0.223 e. The topological polar surface area (TPSA) is 17.8 Å². The van der Waals surface area contributed by atoms with Gasteiger partial charge >= 0.3 is 0 Å². The third kappa shape index (κ3) is 1.34. The molecule has 3 aromatic rings. The molecule has 2 aromatic heterocycles. The quantitative estimate of drug-likeness (QED) is 0.627. The van der Waals surface area contributed by atoms with E-state index in [2.05, 4.69) is 11.2 Å². The van der Waals surface area contributed by atoms with Crippen molar-refractivity contribution in [1.29, 1.82) is 0 Å². The molecule has 0 unspecified atom stereocenters. The first kappa shape index (κ1) is 9.54. The van der Waals surface area contributed by atoms with Crippen molar-refractivity contribution in [2.75, 3.05) is 0 Å². The van der Waals surface area contributed by atoms with E-state index >= 15 is 0 Å². The number of thiophene rings is 1. The van der Waals surface area contributed by atoms with Crippen LogP contribution in [0, 0.1) is 12.7 Å². The Kier molecular flexibility index (Phi) is 2.04. The normalized spacial score (nSPS) is 11.1. The zero-order valence-corrected chi connectivity index (χ0v) is 9.46. The second-order valence-electron chi connectivity index (χ2n) is 3.61. The van der Waals surface area contributed by atoms with Gasteiger partial charge in [-0.3, -0.25) is 0 Å². The van der Waals surface area contributed by atoms with E-state index in [-0.39, 0.29) is 5.82 Å². The van der Waals surface area contributed by atoms with Crippen molar-refractivity contribution >= 4 is 21.6 Å². The van der Waals surface area contributed by atoms with E-state index in [4.69, 9.17) is 0 Å². The molecule has 3 rings (SSSR count). The number of benzene rings is 1. The molecule has 0 amide bonds. The number of halogens is 1. The van der Waals surface area contributed by atoms with Crippen LogP contribution in [0.1, 0.15) is 5.69 Å². The van der Waals surface area contributed by atoms with Crippen molar-refractivity contribution < 1.29 is 4.39 Å². The van der Waals surface area contributed by atoms with Gasteiger partial charge < -0.3 is 0 Å². The summed E-state index contributed by atoms with van der Waals surface area (Å²) in [6.07, 6.45) is 0. The van der Waals surface area contributed by atoms with Gasteiger partial charge in [-0.05, 0) is 42.6 Å². The van der Waals surface area contributed by atoms with Gasteiger partial charge in [-0.25, -0.2) is 9.07 Å². The molecule has 80 valence electrons. The lowest BCUT2D eigenvalue weighted by Gasteiger charge is -2.01. The van der Waals surface area contributed by atoms with Crippen molar-refractivity contribution in [2.24, 2.45) is 0 Å². The molecule has 2 nitrogen and oxygen atoms in total. The van der Waals surface area contributed by atoms with Crippen LogP contribution in [0.3, 0.4) is 0 Å². The first-order valence-electron chi connectivity index (χ1n) is 4.94. The lowest BCUT2D eigenvalue weighted by molar-refractivity contribution is 0.627. The smallest absolute Gasteiger partial charge is 0.127 e. The van der Waals surface area contributed by atoms with Gasteiger partial charge in [-0.1, -0.05) is 0 Å². The molecule has 2 heterocycles. The maximum absolute atomic E-state index is 12.8. The Balaban J connectivity index is 2.25. The molecular weight excluding hydrogens is 223 g/mol. The summed E-state index contributed by atoms with van der Waals surface area (Å²) in [7, 11) is 0. The van der Waals surface area contributed by atoms with Crippen molar-refractivity contribution in [3.63, 3.8) is 0 Å². The van der Waals surface area contributed by atoms with Gasteiger partial charge in [-0.2, -0.15) is 5.10 Å². The number of rotatable bonds is 1. The molecule has 0 aliphatic carbocycles. The summed E-state index contributed by atoms with van der Waals surface area (Å²) < 4.78 is 14.7. The summed E-state index contributed by atoms with van der Waals surface area (Å²) >= 11 is 1.64. The molecule has 0 N–H and O–H groups in total. The molecule has 0 spiro atoms. The minimum Gasteiger partial charge on any atom is -0.223 e. The zero-order valence-electron chi connectivity index (χ0n) is 8.64. The highest BCUT2D eigenvalue weighted by atomic mass is 32.1. The Morgan fingerprint density at radius 3 is 2.69 bits per heavy atom. The summed E-state index contributed by atoms with van der Waals surface area (Å²) in [5.74, 6) is -0.227. The number of fused-ring (bicyclic) bond motifs is 1. The summed E-state index contributed by atoms with van der Waals surface area (Å²) in [6, 6.07) is 8.43. The van der Waals surface area contributed by atoms with E-state index in [1.165, 1.54) is 12.1 Å². The van der Waals surface area contributed by atoms with Crippen LogP contribution >= 0.6 is 11.3 Å². The number of aryl methyl sites for hydroxylation is 1. The van der Waals surface area contributed by atoms with E-state index in [9.17, 15) is 4.39 Å². The number of hydrogen-bond donors (Lipinski definition) is 0. The zero-order chi connectivity index (χ0) is 11.1. The monoisotopic (exact) mass is 232 g/mol. The van der Waals surface area contributed by atoms with Gasteiger partial charge in [0.05, 0.1) is 11.4 Å². The van der Waals surface area contributed by atoms with Crippen LogP contribution in [-0.2, 0) is 0 Å². The molecular formula is C12H9FN2S. The third-order valence-electron chi connectivity index (χ3n) is 2.55. The molecule has 0 atom stereocenters. The fourth-order valence-corrected chi connectivity index (χ4v) is 2.67. The highest BCUT2D eigenvalue weighted by molar-refractivity contribution is 7.16. The Hall–Kier alpha value is -1.68. The molecule has 0 radical (unpaired) electrons. The number of aromatic nitrogens is 2. The number of hydrogen-bond acceptors (Lipinski definition) is 2. The highest BCUT2D eigenvalue weighted by Gasteiger charge is 2.09. The Labute approximate surface area is 95.9 Å². The summed E-state index contributed by atoms with van der Waals surface area (Å²) in [5, 5.41) is 7.66. The van der Waals surface area contributed by atoms with Gasteiger partial charge in [0.2, 0.25) is 0 Å². The van der Waals surface area contributed by atoms with Gasteiger partial charge in [-0.15, -0.1) is 11.3 Å². The Bertz CT molecular complexity index is 637. The molecule has 4 heteroatoms. The van der Waals surface area contributed by atoms with Crippen molar-refractivity contribution in [1.82, 2.24) is 9.78 Å². The van der Waals surface area contributed by atoms with E-state index in [1.807, 2.05) is 17.0 Å². The van der Waals surface area contributed by atoms with Crippen LogP contribution in [0.25, 0.3) is 15.9 Å². The second kappa shape index (κ2) is 3.42. The summed E-state index contributed by atoms with van der Waals surface area (Å²) in [4.78, 5) is 1.10. The van der Waals surface area contributed by atoms with Crippen LogP contribution in [0.5, 0.6) is 0 Å². The Morgan fingerprint density at radius 2 is 1.94 bits per heavy atom. The lowest BCUT2D eigenvalue weighted by Crippen LogP contribution is -1.95. The molecule has 0 bridgehead atoms. The first-order chi connectivity index (χ1) is 7.75. The summed E-state index contributed by atoms with van der Waals surface area (Å²) in [6.45, 7) is 1.98. The SMILES string of the molecule is Cc1nn(-c2ccc(F)cc2)c2sccc12. The predicted molar refractivity (Wildman–Crippen MR) is 63.6 cm³/mol.